The summed E-state index contributed by atoms with van der Waals surface area (Å²) >= 11 is 0. The molecule has 0 aliphatic carbocycles. The van der Waals surface area contributed by atoms with E-state index in [-0.39, 0.29) is 24.4 Å². The molecular weight excluding hydrogens is 388 g/mol. The van der Waals surface area contributed by atoms with Crippen LogP contribution in [0.25, 0.3) is 10.8 Å². The largest absolute Gasteiger partial charge is 0.493 e. The molecule has 0 radical (unpaired) electrons. The summed E-state index contributed by atoms with van der Waals surface area (Å²) < 4.78 is 11.2. The van der Waals surface area contributed by atoms with Crippen LogP contribution in [0.2, 0.25) is 0 Å². The van der Waals surface area contributed by atoms with Crippen LogP contribution in [0.15, 0.2) is 30.3 Å². The Kier molecular flexibility index (Phi) is 9.71. The summed E-state index contributed by atoms with van der Waals surface area (Å²) in [5.74, 6) is 0.781. The first-order valence-corrected chi connectivity index (χ1v) is 10.4. The van der Waals surface area contributed by atoms with E-state index >= 15 is 0 Å². The summed E-state index contributed by atoms with van der Waals surface area (Å²) in [6, 6.07) is 10.4. The van der Waals surface area contributed by atoms with Crippen LogP contribution in [0.1, 0.15) is 48.5 Å². The predicted molar refractivity (Wildman–Crippen MR) is 121 cm³/mol. The van der Waals surface area contributed by atoms with Crippen molar-refractivity contribution in [1.29, 1.82) is 0 Å². The molecule has 160 valence electrons. The number of rotatable bonds is 9. The summed E-state index contributed by atoms with van der Waals surface area (Å²) in [4.78, 5) is 13.2. The fraction of sp³-hybridized carbons (Fsp3) is 0.522. The molecule has 1 fully saturated rings. The lowest BCUT2D eigenvalue weighted by molar-refractivity contribution is 0.0929. The Hall–Kier alpha value is -1.82. The zero-order valence-electron chi connectivity index (χ0n) is 17.5. The number of carbonyl (C=O) groups is 1. The molecule has 0 bridgehead atoms. The maximum atomic E-state index is 13.2. The van der Waals surface area contributed by atoms with Crippen LogP contribution in [-0.2, 0) is 11.2 Å². The number of hydrogen-bond donors (Lipinski definition) is 2. The topological polar surface area (TPSA) is 59.6 Å². The van der Waals surface area contributed by atoms with Gasteiger partial charge in [0.1, 0.15) is 5.75 Å². The highest BCUT2D eigenvalue weighted by Gasteiger charge is 2.21. The van der Waals surface area contributed by atoms with E-state index in [2.05, 4.69) is 29.7 Å². The van der Waals surface area contributed by atoms with E-state index in [1.54, 1.807) is 7.11 Å². The molecule has 29 heavy (non-hydrogen) atoms. The Morgan fingerprint density at radius 3 is 2.72 bits per heavy atom. The number of piperidine rings is 1. The van der Waals surface area contributed by atoms with Gasteiger partial charge in [0.15, 0.2) is 0 Å². The van der Waals surface area contributed by atoms with Gasteiger partial charge in [-0.1, -0.05) is 37.6 Å². The van der Waals surface area contributed by atoms with Crippen molar-refractivity contribution < 1.29 is 14.3 Å². The number of aryl methyl sites for hydroxylation is 1. The van der Waals surface area contributed by atoms with Crippen LogP contribution in [-0.4, -0.2) is 45.4 Å². The highest BCUT2D eigenvalue weighted by molar-refractivity contribution is 6.04. The van der Waals surface area contributed by atoms with Crippen molar-refractivity contribution in [2.45, 2.75) is 45.1 Å². The summed E-state index contributed by atoms with van der Waals surface area (Å²) in [7, 11) is 1.69. The maximum absolute atomic E-state index is 13.2. The SMILES string of the molecule is CCCc1c(C(=O)N[C@@H]2CCCNC2)cc(OCCCOC)c2ccccc12.Cl. The number of carbonyl (C=O) groups excluding carboxylic acids is 1. The fourth-order valence-corrected chi connectivity index (χ4v) is 3.87. The maximum Gasteiger partial charge on any atom is 0.251 e. The average molecular weight is 421 g/mol. The molecule has 1 heterocycles. The number of amides is 1. The van der Waals surface area contributed by atoms with Gasteiger partial charge in [-0.05, 0) is 42.8 Å². The Morgan fingerprint density at radius 2 is 2.03 bits per heavy atom. The van der Waals surface area contributed by atoms with E-state index in [1.165, 1.54) is 0 Å². The molecule has 3 rings (SSSR count). The molecular formula is C23H33ClN2O3. The van der Waals surface area contributed by atoms with Crippen LogP contribution in [0.3, 0.4) is 0 Å². The van der Waals surface area contributed by atoms with E-state index < -0.39 is 0 Å². The van der Waals surface area contributed by atoms with Gasteiger partial charge in [0.2, 0.25) is 0 Å². The predicted octanol–water partition coefficient (Wildman–Crippen LogP) is 4.11. The van der Waals surface area contributed by atoms with E-state index in [0.29, 0.717) is 13.2 Å². The van der Waals surface area contributed by atoms with Gasteiger partial charge in [0.25, 0.3) is 5.91 Å². The second-order valence-electron chi connectivity index (χ2n) is 7.41. The quantitative estimate of drug-likeness (QED) is 0.599. The van der Waals surface area contributed by atoms with Gasteiger partial charge < -0.3 is 20.1 Å². The standard InChI is InChI=1S/C23H32N2O3.ClH/c1-3-8-18-19-10-4-5-11-20(19)22(28-14-7-13-27-2)15-21(18)23(26)25-17-9-6-12-24-16-17;/h4-5,10-11,15,17,24H,3,6-9,12-14,16H2,1-2H3,(H,25,26);1H/t17-;/m1./s1. The molecule has 0 unspecified atom stereocenters. The number of halogens is 1. The van der Waals surface area contributed by atoms with E-state index in [1.807, 2.05) is 18.2 Å². The second-order valence-corrected chi connectivity index (χ2v) is 7.41. The fourth-order valence-electron chi connectivity index (χ4n) is 3.87. The molecule has 0 saturated carbocycles. The number of hydrogen-bond acceptors (Lipinski definition) is 4. The van der Waals surface area contributed by atoms with Gasteiger partial charge >= 0.3 is 0 Å². The first kappa shape index (κ1) is 23.5. The van der Waals surface area contributed by atoms with Gasteiger partial charge in [-0.3, -0.25) is 4.79 Å². The number of methoxy groups -OCH3 is 1. The Bertz CT molecular complexity index is 791. The van der Waals surface area contributed by atoms with Crippen molar-refractivity contribution >= 4 is 29.1 Å². The molecule has 5 nitrogen and oxygen atoms in total. The lowest BCUT2D eigenvalue weighted by Gasteiger charge is -2.25. The highest BCUT2D eigenvalue weighted by atomic mass is 35.5. The van der Waals surface area contributed by atoms with Gasteiger partial charge in [0.05, 0.1) is 6.61 Å². The molecule has 0 aromatic heterocycles. The minimum atomic E-state index is 0. The number of ether oxygens (including phenoxy) is 2. The molecule has 2 aromatic rings. The number of fused-ring (bicyclic) bond motifs is 1. The van der Waals surface area contributed by atoms with Crippen molar-refractivity contribution in [2.24, 2.45) is 0 Å². The Morgan fingerprint density at radius 1 is 1.24 bits per heavy atom. The van der Waals surface area contributed by atoms with Crippen LogP contribution >= 0.6 is 12.4 Å². The van der Waals surface area contributed by atoms with Crippen molar-refractivity contribution in [3.05, 3.63) is 41.5 Å². The Labute approximate surface area is 179 Å². The zero-order chi connectivity index (χ0) is 19.8. The minimum Gasteiger partial charge on any atom is -0.493 e. The van der Waals surface area contributed by atoms with E-state index in [9.17, 15) is 4.79 Å². The van der Waals surface area contributed by atoms with Crippen molar-refractivity contribution in [3.8, 4) is 5.75 Å². The van der Waals surface area contributed by atoms with Crippen molar-refractivity contribution in [3.63, 3.8) is 0 Å². The second kappa shape index (κ2) is 12.0. The number of benzene rings is 2. The molecule has 1 atom stereocenters. The molecule has 0 spiro atoms. The monoisotopic (exact) mass is 420 g/mol. The van der Waals surface area contributed by atoms with Gasteiger partial charge in [-0.25, -0.2) is 0 Å². The molecule has 2 N–H and O–H groups in total. The zero-order valence-corrected chi connectivity index (χ0v) is 18.3. The normalized spacial score (nSPS) is 16.3. The number of nitrogens with one attached hydrogen (secondary N) is 2. The van der Waals surface area contributed by atoms with Crippen molar-refractivity contribution in [1.82, 2.24) is 10.6 Å². The summed E-state index contributed by atoms with van der Waals surface area (Å²) in [6.45, 7) is 5.24. The van der Waals surface area contributed by atoms with E-state index in [0.717, 1.165) is 72.8 Å². The molecule has 2 aromatic carbocycles. The van der Waals surface area contributed by atoms with Gasteiger partial charge in [-0.15, -0.1) is 12.4 Å². The molecule has 1 amide bonds. The van der Waals surface area contributed by atoms with Crippen LogP contribution in [0, 0.1) is 0 Å². The summed E-state index contributed by atoms with van der Waals surface area (Å²) in [6.07, 6.45) is 4.80. The average Bonchev–Trinajstić information content (AvgIpc) is 2.73. The third-order valence-corrected chi connectivity index (χ3v) is 5.25. The third kappa shape index (κ3) is 6.08. The van der Waals surface area contributed by atoms with Crippen LogP contribution < -0.4 is 15.4 Å². The molecule has 1 saturated heterocycles. The first-order valence-electron chi connectivity index (χ1n) is 10.4. The lowest BCUT2D eigenvalue weighted by Crippen LogP contribution is -2.45. The third-order valence-electron chi connectivity index (χ3n) is 5.25. The smallest absolute Gasteiger partial charge is 0.251 e. The van der Waals surface area contributed by atoms with E-state index in [4.69, 9.17) is 9.47 Å². The van der Waals surface area contributed by atoms with Gasteiger partial charge in [-0.2, -0.15) is 0 Å². The van der Waals surface area contributed by atoms with Crippen molar-refractivity contribution in [2.75, 3.05) is 33.4 Å². The minimum absolute atomic E-state index is 0. The molecule has 6 heteroatoms. The van der Waals surface area contributed by atoms with Crippen LogP contribution in [0.5, 0.6) is 5.75 Å². The molecule has 1 aliphatic heterocycles. The summed E-state index contributed by atoms with van der Waals surface area (Å²) in [5.41, 5.74) is 1.86. The molecule has 1 aliphatic rings. The summed E-state index contributed by atoms with van der Waals surface area (Å²) in [5, 5.41) is 8.77. The first-order chi connectivity index (χ1) is 13.7. The van der Waals surface area contributed by atoms with Crippen LogP contribution in [0.4, 0.5) is 0 Å². The Balaban J connectivity index is 0.00000300. The highest BCUT2D eigenvalue weighted by Crippen LogP contribution is 2.33. The van der Waals surface area contributed by atoms with Gasteiger partial charge in [0, 0.05) is 43.7 Å². The lowest BCUT2D eigenvalue weighted by atomic mass is 9.94.